The molecule has 2 aliphatic rings. The maximum atomic E-state index is 14.7. The second-order valence-electron chi connectivity index (χ2n) is 9.27. The van der Waals surface area contributed by atoms with E-state index in [1.165, 1.54) is 41.9 Å². The first-order valence-corrected chi connectivity index (χ1v) is 13.0. The van der Waals surface area contributed by atoms with Gasteiger partial charge in [0.05, 0.1) is 22.2 Å². The number of carbonyl (C=O) groups is 2. The summed E-state index contributed by atoms with van der Waals surface area (Å²) in [6.45, 7) is 0. The molecule has 2 amide bonds. The number of carbonyl (C=O) groups excluding carboxylic acids is 2. The number of ether oxygens (including phenoxy) is 1. The number of rotatable bonds is 8. The van der Waals surface area contributed by atoms with E-state index in [4.69, 9.17) is 4.74 Å². The van der Waals surface area contributed by atoms with E-state index in [0.717, 1.165) is 17.5 Å². The van der Waals surface area contributed by atoms with Crippen LogP contribution in [-0.2, 0) is 16.0 Å². The molecule has 0 radical (unpaired) electrons. The molecule has 0 saturated heterocycles. The Kier molecular flexibility index (Phi) is 6.41. The molecule has 2 heterocycles. The maximum absolute atomic E-state index is 14.7. The maximum Gasteiger partial charge on any atom is 0.269 e. The van der Waals surface area contributed by atoms with Crippen molar-refractivity contribution in [3.63, 3.8) is 0 Å². The number of fused-ring (bicyclic) bond motifs is 1. The van der Waals surface area contributed by atoms with Crippen LogP contribution < -0.4 is 26.2 Å². The first kappa shape index (κ1) is 24.9. The van der Waals surface area contributed by atoms with Crippen molar-refractivity contribution in [2.45, 2.75) is 24.9 Å². The summed E-state index contributed by atoms with van der Waals surface area (Å²) < 4.78 is 35.7. The fourth-order valence-corrected chi connectivity index (χ4v) is 5.03. The van der Waals surface area contributed by atoms with E-state index in [1.54, 1.807) is 36.4 Å². The first-order valence-electron chi connectivity index (χ1n) is 12.2. The Hall–Kier alpha value is -4.42. The van der Waals surface area contributed by atoms with E-state index in [0.29, 0.717) is 16.4 Å². The SMILES string of the molecule is O=C(Nc1nc2ccc(Oc3ccc(F)c(NC(=O)C4(Cc5ccccc5F)N=CNN4)c3)cc2s1)C1CC1. The minimum atomic E-state index is -1.59. The lowest BCUT2D eigenvalue weighted by atomic mass is 9.99. The number of hydrogen-bond acceptors (Lipinski definition) is 8. The number of amides is 2. The highest BCUT2D eigenvalue weighted by Gasteiger charge is 2.41. The van der Waals surface area contributed by atoms with Gasteiger partial charge in [-0.05, 0) is 48.7 Å². The zero-order chi connectivity index (χ0) is 27.0. The van der Waals surface area contributed by atoms with Crippen LogP contribution in [0.25, 0.3) is 10.2 Å². The van der Waals surface area contributed by atoms with Gasteiger partial charge in [-0.15, -0.1) is 0 Å². The Balaban J connectivity index is 1.19. The molecule has 1 aliphatic heterocycles. The summed E-state index contributed by atoms with van der Waals surface area (Å²) in [5, 5.41) is 5.91. The number of anilines is 2. The molecule has 4 aromatic rings. The summed E-state index contributed by atoms with van der Waals surface area (Å²) in [4.78, 5) is 33.9. The Morgan fingerprint density at radius 2 is 1.82 bits per heavy atom. The van der Waals surface area contributed by atoms with Crippen molar-refractivity contribution >= 4 is 50.5 Å². The summed E-state index contributed by atoms with van der Waals surface area (Å²) in [6.07, 6.45) is 2.99. The molecule has 3 aromatic carbocycles. The molecule has 1 unspecified atom stereocenters. The van der Waals surface area contributed by atoms with Crippen LogP contribution in [0.15, 0.2) is 65.7 Å². The molecule has 1 atom stereocenters. The van der Waals surface area contributed by atoms with Crippen molar-refractivity contribution < 1.29 is 23.1 Å². The van der Waals surface area contributed by atoms with Gasteiger partial charge in [-0.3, -0.25) is 9.59 Å². The Morgan fingerprint density at radius 1 is 1.03 bits per heavy atom. The zero-order valence-electron chi connectivity index (χ0n) is 20.3. The number of benzene rings is 3. The molecule has 1 fully saturated rings. The van der Waals surface area contributed by atoms with E-state index >= 15 is 0 Å². The Morgan fingerprint density at radius 3 is 2.59 bits per heavy atom. The molecule has 1 aliphatic carbocycles. The number of nitrogens with zero attached hydrogens (tertiary/aromatic N) is 2. The fraction of sp³-hybridized carbons (Fsp3) is 0.185. The molecule has 6 rings (SSSR count). The van der Waals surface area contributed by atoms with Crippen LogP contribution in [-0.4, -0.2) is 28.8 Å². The average molecular weight is 549 g/mol. The number of nitrogens with one attached hydrogen (secondary N) is 4. The number of hydrazine groups is 1. The standard InChI is InChI=1S/C27H22F2N6O3S/c28-19-4-2-1-3-16(19)13-27(30-14-31-35-27)25(37)32-22-11-17(7-9-20(22)29)38-18-8-10-21-23(12-18)39-26(33-21)34-24(36)15-5-6-15/h1-4,7-12,14-15,35H,5-6,13H2,(H,30,31)(H,32,37)(H,33,34,36). The summed E-state index contributed by atoms with van der Waals surface area (Å²) in [5.41, 5.74) is 4.66. The van der Waals surface area contributed by atoms with Crippen molar-refractivity contribution in [2.75, 3.05) is 10.6 Å². The zero-order valence-corrected chi connectivity index (χ0v) is 21.1. The molecular weight excluding hydrogens is 526 g/mol. The van der Waals surface area contributed by atoms with Crippen molar-refractivity contribution in [1.29, 1.82) is 0 Å². The second-order valence-corrected chi connectivity index (χ2v) is 10.3. The molecule has 1 aromatic heterocycles. The highest BCUT2D eigenvalue weighted by molar-refractivity contribution is 7.22. The van der Waals surface area contributed by atoms with Gasteiger partial charge in [0.25, 0.3) is 5.91 Å². The van der Waals surface area contributed by atoms with Crippen LogP contribution in [0.2, 0.25) is 0 Å². The van der Waals surface area contributed by atoms with Gasteiger partial charge < -0.3 is 20.8 Å². The highest BCUT2D eigenvalue weighted by Crippen LogP contribution is 2.35. The third-order valence-corrected chi connectivity index (χ3v) is 7.30. The van der Waals surface area contributed by atoms with E-state index < -0.39 is 23.2 Å². The smallest absolute Gasteiger partial charge is 0.269 e. The quantitative estimate of drug-likeness (QED) is 0.253. The summed E-state index contributed by atoms with van der Waals surface area (Å²) in [6, 6.07) is 15.3. The van der Waals surface area contributed by atoms with Crippen LogP contribution in [0, 0.1) is 17.6 Å². The number of thiazole rings is 1. The average Bonchev–Trinajstić information content (AvgIpc) is 3.54. The third-order valence-electron chi connectivity index (χ3n) is 6.37. The van der Waals surface area contributed by atoms with Crippen LogP contribution in [0.5, 0.6) is 11.5 Å². The van der Waals surface area contributed by atoms with Crippen molar-refractivity contribution in [3.8, 4) is 11.5 Å². The summed E-state index contributed by atoms with van der Waals surface area (Å²) in [5.74, 6) is -1.04. The fourth-order valence-electron chi connectivity index (χ4n) is 4.13. The first-order chi connectivity index (χ1) is 18.9. The largest absolute Gasteiger partial charge is 0.457 e. The number of aromatic nitrogens is 1. The Bertz CT molecular complexity index is 1620. The van der Waals surface area contributed by atoms with Crippen molar-refractivity contribution in [2.24, 2.45) is 10.9 Å². The molecule has 12 heteroatoms. The van der Waals surface area contributed by atoms with Crippen LogP contribution in [0.3, 0.4) is 0 Å². The van der Waals surface area contributed by atoms with Gasteiger partial charge in [-0.1, -0.05) is 29.5 Å². The minimum Gasteiger partial charge on any atom is -0.457 e. The summed E-state index contributed by atoms with van der Waals surface area (Å²) in [7, 11) is 0. The van der Waals surface area contributed by atoms with Crippen LogP contribution in [0.1, 0.15) is 18.4 Å². The van der Waals surface area contributed by atoms with Crippen LogP contribution in [0.4, 0.5) is 19.6 Å². The van der Waals surface area contributed by atoms with Gasteiger partial charge in [0, 0.05) is 24.5 Å². The molecule has 0 bridgehead atoms. The predicted octanol–water partition coefficient (Wildman–Crippen LogP) is 4.73. The number of hydrogen-bond donors (Lipinski definition) is 4. The molecule has 1 saturated carbocycles. The summed E-state index contributed by atoms with van der Waals surface area (Å²) >= 11 is 1.33. The molecule has 4 N–H and O–H groups in total. The van der Waals surface area contributed by atoms with Crippen LogP contribution >= 0.6 is 11.3 Å². The molecule has 39 heavy (non-hydrogen) atoms. The Labute approximate surface area is 225 Å². The highest BCUT2D eigenvalue weighted by atomic mass is 32.1. The van der Waals surface area contributed by atoms with Gasteiger partial charge in [0.15, 0.2) is 5.13 Å². The monoisotopic (exact) mass is 548 g/mol. The minimum absolute atomic E-state index is 0.0172. The normalized spacial score (nSPS) is 18.1. The molecular formula is C27H22F2N6O3S. The van der Waals surface area contributed by atoms with Gasteiger partial charge in [-0.25, -0.2) is 24.2 Å². The van der Waals surface area contributed by atoms with E-state index in [2.05, 4.69) is 31.5 Å². The van der Waals surface area contributed by atoms with E-state index in [9.17, 15) is 18.4 Å². The topological polar surface area (TPSA) is 117 Å². The lowest BCUT2D eigenvalue weighted by Gasteiger charge is -2.25. The van der Waals surface area contributed by atoms with Gasteiger partial charge in [0.2, 0.25) is 11.6 Å². The third kappa shape index (κ3) is 5.29. The van der Waals surface area contributed by atoms with Gasteiger partial charge in [0.1, 0.15) is 23.1 Å². The molecule has 0 spiro atoms. The van der Waals surface area contributed by atoms with Gasteiger partial charge >= 0.3 is 0 Å². The number of halogens is 2. The van der Waals surface area contributed by atoms with Crippen molar-refractivity contribution in [3.05, 3.63) is 77.9 Å². The van der Waals surface area contributed by atoms with Gasteiger partial charge in [-0.2, -0.15) is 0 Å². The van der Waals surface area contributed by atoms with E-state index in [1.807, 2.05) is 0 Å². The predicted molar refractivity (Wildman–Crippen MR) is 144 cm³/mol. The molecule has 198 valence electrons. The lowest BCUT2D eigenvalue weighted by Crippen LogP contribution is -2.55. The number of aliphatic imine (C=N–C) groups is 1. The second kappa shape index (κ2) is 10.0. The van der Waals surface area contributed by atoms with E-state index in [-0.39, 0.29) is 35.2 Å². The van der Waals surface area contributed by atoms with Crippen molar-refractivity contribution in [1.82, 2.24) is 15.8 Å². The molecule has 9 nitrogen and oxygen atoms in total. The lowest BCUT2D eigenvalue weighted by molar-refractivity contribution is -0.122.